The van der Waals surface area contributed by atoms with Crippen LogP contribution >= 0.6 is 0 Å². The molecule has 2 aromatic heterocycles. The molecule has 31 heavy (non-hydrogen) atoms. The predicted molar refractivity (Wildman–Crippen MR) is 119 cm³/mol. The molecule has 1 amide bonds. The van der Waals surface area contributed by atoms with Crippen molar-refractivity contribution in [3.8, 4) is 11.3 Å². The van der Waals surface area contributed by atoms with Crippen LogP contribution in [0, 0.1) is 18.8 Å². The van der Waals surface area contributed by atoms with Gasteiger partial charge in [-0.15, -0.1) is 0 Å². The average Bonchev–Trinajstić information content (AvgIpc) is 3.25. The molecule has 1 atom stereocenters. The number of ether oxygens (including phenoxy) is 1. The van der Waals surface area contributed by atoms with E-state index in [0.717, 1.165) is 67.5 Å². The highest BCUT2D eigenvalue weighted by atomic mass is 16.5. The van der Waals surface area contributed by atoms with Crippen molar-refractivity contribution in [3.05, 3.63) is 42.5 Å². The molecule has 1 aliphatic carbocycles. The van der Waals surface area contributed by atoms with E-state index in [1.807, 2.05) is 31.2 Å². The molecule has 5 rings (SSSR count). The third kappa shape index (κ3) is 4.48. The minimum absolute atomic E-state index is 0.0359. The molecule has 1 unspecified atom stereocenters. The van der Waals surface area contributed by atoms with Crippen LogP contribution in [-0.2, 0) is 9.53 Å². The van der Waals surface area contributed by atoms with Crippen molar-refractivity contribution < 1.29 is 13.9 Å². The van der Waals surface area contributed by atoms with Gasteiger partial charge in [0, 0.05) is 43.1 Å². The Morgan fingerprint density at radius 2 is 1.97 bits per heavy atom. The number of rotatable bonds is 4. The molecule has 7 nitrogen and oxygen atoms in total. The maximum absolute atomic E-state index is 12.9. The normalized spacial score (nSPS) is 24.2. The summed E-state index contributed by atoms with van der Waals surface area (Å²) in [5.41, 5.74) is 0.953. The van der Waals surface area contributed by atoms with Crippen molar-refractivity contribution in [1.29, 1.82) is 0 Å². The summed E-state index contributed by atoms with van der Waals surface area (Å²) >= 11 is 0. The highest BCUT2D eigenvalue weighted by Gasteiger charge is 2.32. The van der Waals surface area contributed by atoms with Gasteiger partial charge >= 0.3 is 0 Å². The Kier molecular flexibility index (Phi) is 5.70. The highest BCUT2D eigenvalue weighted by molar-refractivity contribution is 5.94. The number of aromatic nitrogens is 2. The lowest BCUT2D eigenvalue weighted by atomic mass is 9.78. The van der Waals surface area contributed by atoms with Crippen LogP contribution in [0.1, 0.15) is 31.6 Å². The van der Waals surface area contributed by atoms with Crippen LogP contribution in [0.4, 0.5) is 5.82 Å². The third-order valence-electron chi connectivity index (χ3n) is 6.50. The van der Waals surface area contributed by atoms with Gasteiger partial charge in [0.1, 0.15) is 5.82 Å². The molecule has 0 bridgehead atoms. The van der Waals surface area contributed by atoms with Crippen molar-refractivity contribution in [2.75, 3.05) is 25.0 Å². The number of oxazole rings is 1. The molecule has 0 spiro atoms. The van der Waals surface area contributed by atoms with Crippen LogP contribution in [0.25, 0.3) is 22.1 Å². The maximum Gasteiger partial charge on any atom is 0.228 e. The lowest BCUT2D eigenvalue weighted by Crippen LogP contribution is -2.44. The van der Waals surface area contributed by atoms with Crippen LogP contribution < -0.4 is 10.6 Å². The molecular formula is C24H28N4O3. The van der Waals surface area contributed by atoms with Crippen molar-refractivity contribution in [2.45, 2.75) is 38.7 Å². The van der Waals surface area contributed by atoms with E-state index in [2.05, 4.69) is 20.6 Å². The van der Waals surface area contributed by atoms with Crippen molar-refractivity contribution in [3.63, 3.8) is 0 Å². The SMILES string of the molecule is Cc1ncc(-c2ccc3cnc(NC(=O)[C@H]4CC[C@H](C5CNCCO5)CC4)cc3c2)o1. The van der Waals surface area contributed by atoms with Crippen LogP contribution in [0.2, 0.25) is 0 Å². The molecular weight excluding hydrogens is 392 g/mol. The second kappa shape index (κ2) is 8.77. The summed E-state index contributed by atoms with van der Waals surface area (Å²) in [7, 11) is 0. The summed E-state index contributed by atoms with van der Waals surface area (Å²) < 4.78 is 11.5. The summed E-state index contributed by atoms with van der Waals surface area (Å²) in [5.74, 6) is 2.61. The van der Waals surface area contributed by atoms with Crippen LogP contribution in [-0.4, -0.2) is 41.7 Å². The monoisotopic (exact) mass is 420 g/mol. The third-order valence-corrected chi connectivity index (χ3v) is 6.50. The zero-order valence-corrected chi connectivity index (χ0v) is 17.8. The van der Waals surface area contributed by atoms with Gasteiger partial charge in [0.25, 0.3) is 0 Å². The zero-order valence-electron chi connectivity index (χ0n) is 17.8. The van der Waals surface area contributed by atoms with E-state index >= 15 is 0 Å². The van der Waals surface area contributed by atoms with E-state index < -0.39 is 0 Å². The molecule has 2 N–H and O–H groups in total. The largest absolute Gasteiger partial charge is 0.441 e. The molecule has 1 saturated heterocycles. The van der Waals surface area contributed by atoms with E-state index in [0.29, 0.717) is 23.7 Å². The van der Waals surface area contributed by atoms with Gasteiger partial charge < -0.3 is 19.8 Å². The number of amides is 1. The van der Waals surface area contributed by atoms with Crippen LogP contribution in [0.5, 0.6) is 0 Å². The highest BCUT2D eigenvalue weighted by Crippen LogP contribution is 2.33. The van der Waals surface area contributed by atoms with Crippen LogP contribution in [0.15, 0.2) is 41.1 Å². The fourth-order valence-electron chi connectivity index (χ4n) is 4.73. The van der Waals surface area contributed by atoms with Gasteiger partial charge in [0.2, 0.25) is 5.91 Å². The van der Waals surface area contributed by atoms with Crippen molar-refractivity contribution in [2.24, 2.45) is 11.8 Å². The van der Waals surface area contributed by atoms with E-state index in [1.165, 1.54) is 0 Å². The summed E-state index contributed by atoms with van der Waals surface area (Å²) in [6.45, 7) is 4.48. The Morgan fingerprint density at radius 1 is 1.10 bits per heavy atom. The van der Waals surface area contributed by atoms with E-state index in [4.69, 9.17) is 9.15 Å². The lowest BCUT2D eigenvalue weighted by molar-refractivity contribution is -0.121. The number of morpholine rings is 1. The summed E-state index contributed by atoms with van der Waals surface area (Å²) in [6.07, 6.45) is 7.70. The fourth-order valence-corrected chi connectivity index (χ4v) is 4.73. The minimum Gasteiger partial charge on any atom is -0.441 e. The maximum atomic E-state index is 12.9. The van der Waals surface area contributed by atoms with E-state index in [9.17, 15) is 4.79 Å². The standard InChI is InChI=1S/C24H28N4O3/c1-15-26-14-22(31-15)18-6-7-19-12-27-23(11-20(19)10-18)28-24(29)17-4-2-16(3-5-17)21-13-25-8-9-30-21/h6-7,10-12,14,16-17,21,25H,2-5,8-9,13H2,1H3,(H,27,28,29)/t16-,17-,21?. The Balaban J connectivity index is 1.24. The molecule has 7 heteroatoms. The van der Waals surface area contributed by atoms with Gasteiger partial charge in [-0.2, -0.15) is 0 Å². The number of nitrogens with one attached hydrogen (secondary N) is 2. The molecule has 0 radical (unpaired) electrons. The number of carbonyl (C=O) groups is 1. The summed E-state index contributed by atoms with van der Waals surface area (Å²) in [4.78, 5) is 21.5. The molecule has 1 aromatic carbocycles. The number of benzene rings is 1. The molecule has 3 heterocycles. The topological polar surface area (TPSA) is 89.3 Å². The summed E-state index contributed by atoms with van der Waals surface area (Å²) in [6, 6.07) is 7.96. The molecule has 1 aliphatic heterocycles. The van der Waals surface area contributed by atoms with Gasteiger partial charge in [-0.25, -0.2) is 9.97 Å². The van der Waals surface area contributed by atoms with Gasteiger partial charge in [-0.3, -0.25) is 4.79 Å². The smallest absolute Gasteiger partial charge is 0.228 e. The van der Waals surface area contributed by atoms with Gasteiger partial charge in [0.15, 0.2) is 11.7 Å². The van der Waals surface area contributed by atoms with E-state index in [-0.39, 0.29) is 11.8 Å². The quantitative estimate of drug-likeness (QED) is 0.665. The van der Waals surface area contributed by atoms with Gasteiger partial charge in [0.05, 0.1) is 18.9 Å². The van der Waals surface area contributed by atoms with Crippen molar-refractivity contribution in [1.82, 2.24) is 15.3 Å². The number of hydrogen-bond donors (Lipinski definition) is 2. The number of nitrogens with zero attached hydrogens (tertiary/aromatic N) is 2. The number of pyridine rings is 1. The Labute approximate surface area is 181 Å². The number of aryl methyl sites for hydroxylation is 1. The Hall–Kier alpha value is -2.77. The number of anilines is 1. The molecule has 3 aromatic rings. The number of fused-ring (bicyclic) bond motifs is 1. The lowest BCUT2D eigenvalue weighted by Gasteiger charge is -2.35. The second-order valence-electron chi connectivity index (χ2n) is 8.59. The molecule has 2 fully saturated rings. The first kappa shape index (κ1) is 20.2. The Bertz CT molecular complexity index is 1070. The first-order chi connectivity index (χ1) is 15.2. The van der Waals surface area contributed by atoms with Gasteiger partial charge in [-0.05, 0) is 49.1 Å². The molecule has 2 aliphatic rings. The Morgan fingerprint density at radius 3 is 2.71 bits per heavy atom. The minimum atomic E-state index is 0.0359. The second-order valence-corrected chi connectivity index (χ2v) is 8.59. The van der Waals surface area contributed by atoms with Gasteiger partial charge in [-0.1, -0.05) is 12.1 Å². The van der Waals surface area contributed by atoms with E-state index in [1.54, 1.807) is 12.4 Å². The molecule has 1 saturated carbocycles. The fraction of sp³-hybridized carbons (Fsp3) is 0.458. The molecule has 162 valence electrons. The predicted octanol–water partition coefficient (Wildman–Crippen LogP) is 3.93. The average molecular weight is 421 g/mol. The summed E-state index contributed by atoms with van der Waals surface area (Å²) in [5, 5.41) is 8.45. The first-order valence-electron chi connectivity index (χ1n) is 11.1. The van der Waals surface area contributed by atoms with Crippen LogP contribution in [0.3, 0.4) is 0 Å². The zero-order chi connectivity index (χ0) is 21.2. The first-order valence-corrected chi connectivity index (χ1v) is 11.1. The number of carbonyl (C=O) groups excluding carboxylic acids is 1. The number of hydrogen-bond acceptors (Lipinski definition) is 6. The van der Waals surface area contributed by atoms with Crippen molar-refractivity contribution >= 4 is 22.5 Å².